The summed E-state index contributed by atoms with van der Waals surface area (Å²) in [4.78, 5) is 0. The molecule has 0 unspecified atom stereocenters. The molecule has 29 heavy (non-hydrogen) atoms. The highest BCUT2D eigenvalue weighted by molar-refractivity contribution is 6.53. The summed E-state index contributed by atoms with van der Waals surface area (Å²) < 4.78 is 23.1. The summed E-state index contributed by atoms with van der Waals surface area (Å²) in [6.07, 6.45) is 0. The molecule has 0 bridgehead atoms. The molecule has 0 spiro atoms. The lowest BCUT2D eigenvalue weighted by atomic mass is 9.97. The Morgan fingerprint density at radius 1 is 0.586 bits per heavy atom. The predicted molar refractivity (Wildman–Crippen MR) is 115 cm³/mol. The van der Waals surface area contributed by atoms with Crippen molar-refractivity contribution in [2.24, 2.45) is 0 Å². The van der Waals surface area contributed by atoms with E-state index in [9.17, 15) is 0 Å². The lowest BCUT2D eigenvalue weighted by Gasteiger charge is -2.29. The first-order chi connectivity index (χ1) is 13.9. The molecule has 3 aromatic rings. The molecule has 0 radical (unpaired) electrons. The molecule has 150 valence electrons. The highest BCUT2D eigenvalue weighted by Crippen LogP contribution is 2.58. The Kier molecular flexibility index (Phi) is 5.38. The van der Waals surface area contributed by atoms with Gasteiger partial charge in [0.1, 0.15) is 21.5 Å². The van der Waals surface area contributed by atoms with E-state index >= 15 is 0 Å². The lowest BCUT2D eigenvalue weighted by molar-refractivity contribution is -0.0458. The average Bonchev–Trinajstić information content (AvgIpc) is 3.18. The van der Waals surface area contributed by atoms with Gasteiger partial charge in [0.15, 0.2) is 11.5 Å². The topological polar surface area (TPSA) is 36.9 Å². The Morgan fingerprint density at radius 2 is 0.931 bits per heavy atom. The molecule has 0 N–H and O–H groups in total. The van der Waals surface area contributed by atoms with E-state index in [1.165, 1.54) is 0 Å². The van der Waals surface area contributed by atoms with E-state index in [1.807, 2.05) is 24.3 Å². The van der Waals surface area contributed by atoms with Crippen molar-refractivity contribution in [3.63, 3.8) is 0 Å². The minimum absolute atomic E-state index is 0.0981. The number of hydrogen-bond donors (Lipinski definition) is 0. The van der Waals surface area contributed by atoms with Gasteiger partial charge in [-0.3, -0.25) is 0 Å². The van der Waals surface area contributed by atoms with Gasteiger partial charge in [-0.2, -0.15) is 0 Å². The molecule has 0 saturated heterocycles. The van der Waals surface area contributed by atoms with Crippen LogP contribution in [0.4, 0.5) is 0 Å². The fourth-order valence-electron chi connectivity index (χ4n) is 3.11. The molecule has 0 aromatic heterocycles. The van der Waals surface area contributed by atoms with Gasteiger partial charge in [-0.05, 0) is 48.5 Å². The maximum absolute atomic E-state index is 6.39. The standard InChI is InChI=1S/C21H14Cl4O4/c1-26-13-7-3-11(4-8-13)21(12-5-9-14(27-2)10-6-12)28-19-17(24)15(22)16(23)18(25)20(19)29-21/h3-10H,1-2H3. The van der Waals surface area contributed by atoms with Crippen molar-refractivity contribution in [3.05, 3.63) is 79.7 Å². The molecule has 0 amide bonds. The summed E-state index contributed by atoms with van der Waals surface area (Å²) in [6, 6.07) is 14.6. The summed E-state index contributed by atoms with van der Waals surface area (Å²) in [5, 5.41) is 0.446. The largest absolute Gasteiger partial charge is 0.497 e. The van der Waals surface area contributed by atoms with Crippen LogP contribution in [0.3, 0.4) is 0 Å². The number of fused-ring (bicyclic) bond motifs is 1. The van der Waals surface area contributed by atoms with Gasteiger partial charge < -0.3 is 18.9 Å². The average molecular weight is 472 g/mol. The van der Waals surface area contributed by atoms with Gasteiger partial charge in [-0.1, -0.05) is 46.4 Å². The molecule has 1 aliphatic rings. The van der Waals surface area contributed by atoms with Gasteiger partial charge in [0, 0.05) is 11.1 Å². The van der Waals surface area contributed by atoms with Crippen molar-refractivity contribution in [2.75, 3.05) is 14.2 Å². The Labute approximate surface area is 187 Å². The minimum atomic E-state index is -1.36. The molecule has 3 aromatic carbocycles. The zero-order chi connectivity index (χ0) is 20.8. The van der Waals surface area contributed by atoms with E-state index < -0.39 is 5.79 Å². The van der Waals surface area contributed by atoms with Gasteiger partial charge >= 0.3 is 5.79 Å². The second kappa shape index (κ2) is 7.69. The molecule has 4 rings (SSSR count). The second-order valence-corrected chi connectivity index (χ2v) is 7.70. The summed E-state index contributed by atoms with van der Waals surface area (Å²) >= 11 is 25.2. The highest BCUT2D eigenvalue weighted by atomic mass is 35.5. The second-order valence-electron chi connectivity index (χ2n) is 6.19. The predicted octanol–water partition coefficient (Wildman–Crippen LogP) is 6.99. The van der Waals surface area contributed by atoms with E-state index in [0.29, 0.717) is 22.6 Å². The zero-order valence-electron chi connectivity index (χ0n) is 15.3. The molecule has 1 heterocycles. The summed E-state index contributed by atoms with van der Waals surface area (Å²) in [5.41, 5.74) is 1.39. The van der Waals surface area contributed by atoms with E-state index in [4.69, 9.17) is 65.4 Å². The van der Waals surface area contributed by atoms with Crippen LogP contribution >= 0.6 is 46.4 Å². The Morgan fingerprint density at radius 3 is 1.24 bits per heavy atom. The quantitative estimate of drug-likeness (QED) is 0.303. The van der Waals surface area contributed by atoms with Crippen molar-refractivity contribution >= 4 is 46.4 Å². The monoisotopic (exact) mass is 470 g/mol. The van der Waals surface area contributed by atoms with Crippen molar-refractivity contribution in [1.29, 1.82) is 0 Å². The molecule has 4 nitrogen and oxygen atoms in total. The summed E-state index contributed by atoms with van der Waals surface area (Å²) in [7, 11) is 3.19. The number of ether oxygens (including phenoxy) is 4. The van der Waals surface area contributed by atoms with Crippen molar-refractivity contribution in [2.45, 2.75) is 5.79 Å². The van der Waals surface area contributed by atoms with Crippen LogP contribution < -0.4 is 18.9 Å². The number of methoxy groups -OCH3 is 2. The van der Waals surface area contributed by atoms with E-state index in [0.717, 1.165) is 0 Å². The molecule has 0 aliphatic carbocycles. The lowest BCUT2D eigenvalue weighted by Crippen LogP contribution is -2.36. The van der Waals surface area contributed by atoms with Crippen LogP contribution in [-0.2, 0) is 5.79 Å². The van der Waals surface area contributed by atoms with Crippen LogP contribution in [0.2, 0.25) is 20.1 Å². The molecule has 1 aliphatic heterocycles. The van der Waals surface area contributed by atoms with Gasteiger partial charge in [0.25, 0.3) is 0 Å². The van der Waals surface area contributed by atoms with Crippen molar-refractivity contribution in [1.82, 2.24) is 0 Å². The van der Waals surface area contributed by atoms with E-state index in [2.05, 4.69) is 0 Å². The molecule has 8 heteroatoms. The van der Waals surface area contributed by atoms with Gasteiger partial charge in [0.05, 0.1) is 24.3 Å². The van der Waals surface area contributed by atoms with Crippen LogP contribution in [0.25, 0.3) is 0 Å². The third kappa shape index (κ3) is 3.24. The third-order valence-electron chi connectivity index (χ3n) is 4.61. The fraction of sp³-hybridized carbons (Fsp3) is 0.143. The molecule has 0 saturated carbocycles. The Balaban J connectivity index is 1.92. The zero-order valence-corrected chi connectivity index (χ0v) is 18.3. The third-order valence-corrected chi connectivity index (χ3v) is 6.38. The SMILES string of the molecule is COc1ccc(C2(c3ccc(OC)cc3)Oc3c(Cl)c(Cl)c(Cl)c(Cl)c3O2)cc1. The van der Waals surface area contributed by atoms with Gasteiger partial charge in [-0.15, -0.1) is 0 Å². The van der Waals surface area contributed by atoms with Crippen LogP contribution in [0.1, 0.15) is 11.1 Å². The van der Waals surface area contributed by atoms with Crippen LogP contribution in [0, 0.1) is 0 Å². The van der Waals surface area contributed by atoms with Crippen LogP contribution in [0.5, 0.6) is 23.0 Å². The normalized spacial score (nSPS) is 14.0. The van der Waals surface area contributed by atoms with E-state index in [1.54, 1.807) is 38.5 Å². The molecule has 0 atom stereocenters. The maximum atomic E-state index is 6.39. The maximum Gasteiger partial charge on any atom is 0.305 e. The minimum Gasteiger partial charge on any atom is -0.497 e. The fourth-order valence-corrected chi connectivity index (χ4v) is 4.00. The van der Waals surface area contributed by atoms with Crippen LogP contribution in [0.15, 0.2) is 48.5 Å². The number of hydrogen-bond acceptors (Lipinski definition) is 4. The van der Waals surface area contributed by atoms with E-state index in [-0.39, 0.29) is 31.6 Å². The smallest absolute Gasteiger partial charge is 0.305 e. The van der Waals surface area contributed by atoms with Crippen molar-refractivity contribution < 1.29 is 18.9 Å². The molecule has 0 fully saturated rings. The first-order valence-electron chi connectivity index (χ1n) is 8.44. The first-order valence-corrected chi connectivity index (χ1v) is 9.95. The van der Waals surface area contributed by atoms with Gasteiger partial charge in [-0.25, -0.2) is 0 Å². The number of benzene rings is 3. The highest BCUT2D eigenvalue weighted by Gasteiger charge is 2.48. The number of halogens is 4. The van der Waals surface area contributed by atoms with Gasteiger partial charge in [0.2, 0.25) is 0 Å². The van der Waals surface area contributed by atoms with Crippen LogP contribution in [-0.4, -0.2) is 14.2 Å². The summed E-state index contributed by atoms with van der Waals surface area (Å²) in [6.45, 7) is 0. The Bertz CT molecular complexity index is 979. The number of rotatable bonds is 4. The first kappa shape index (κ1) is 20.3. The Hall–Kier alpha value is -1.98. The molecular weight excluding hydrogens is 458 g/mol. The molecular formula is C21H14Cl4O4. The summed E-state index contributed by atoms with van der Waals surface area (Å²) in [5.74, 6) is 0.463. The van der Waals surface area contributed by atoms with Crippen molar-refractivity contribution in [3.8, 4) is 23.0 Å².